The van der Waals surface area contributed by atoms with Crippen LogP contribution in [-0.2, 0) is 9.53 Å². The standard InChI is InChI=1S/C51H83N3O10/c1-4-8-31-11-14-33-34-9-5-6-20-51(63,46(34)64-40(33)15-12-31)47(3,61)41-19-23-50(62)43-35(18-22-49(41,50)24-26-56)48(21-17-32-13-16-42(52)54-37(32)10-7-25-55)28-39(59)38(58)27-36(48)45(60)44(43)53-29-30(2)57/h13,16,30-31,33-36,38-42,46,53-59,61-63H,4-12,14-15,17-29,52H2,1-3H3/t30-,31-,33-,34-,35-,36-,38+,39-,40+,41+,42?,46+,47+,48+,49-,50+,51+/m0/s1. The number of nitrogens with one attached hydrogen (secondary N) is 2. The van der Waals surface area contributed by atoms with Gasteiger partial charge in [-0.25, -0.2) is 0 Å². The topological polar surface area (TPSA) is 238 Å². The summed E-state index contributed by atoms with van der Waals surface area (Å²) in [7, 11) is 0. The van der Waals surface area contributed by atoms with Crippen molar-refractivity contribution in [2.75, 3.05) is 19.8 Å². The molecule has 0 aromatic rings. The number of allylic oxidation sites excluding steroid dienone is 4. The molecule has 1 saturated heterocycles. The second-order valence-corrected chi connectivity index (χ2v) is 22.3. The second-order valence-electron chi connectivity index (χ2n) is 22.3. The number of aliphatic hydroxyl groups is 8. The highest BCUT2D eigenvalue weighted by Crippen LogP contribution is 2.72. The molecule has 0 spiro atoms. The lowest BCUT2D eigenvalue weighted by atomic mass is 9.42. The Hall–Kier alpha value is -1.91. The molecule has 2 aliphatic heterocycles. The summed E-state index contributed by atoms with van der Waals surface area (Å²) in [4.78, 5) is 15.4. The first-order valence-electron chi connectivity index (χ1n) is 25.6. The van der Waals surface area contributed by atoms with Gasteiger partial charge in [-0.2, -0.15) is 0 Å². The van der Waals surface area contributed by atoms with Gasteiger partial charge < -0.3 is 62.0 Å². The maximum atomic E-state index is 15.4. The van der Waals surface area contributed by atoms with E-state index in [4.69, 9.17) is 10.5 Å². The van der Waals surface area contributed by atoms with Crippen molar-refractivity contribution in [2.24, 2.45) is 52.1 Å². The van der Waals surface area contributed by atoms with E-state index >= 15 is 4.79 Å². The average Bonchev–Trinajstić information content (AvgIpc) is 3.61. The third-order valence-electron chi connectivity index (χ3n) is 19.1. The van der Waals surface area contributed by atoms with Gasteiger partial charge in [0.15, 0.2) is 5.78 Å². The van der Waals surface area contributed by atoms with Gasteiger partial charge in [0.25, 0.3) is 0 Å². The van der Waals surface area contributed by atoms with Crippen LogP contribution in [-0.4, -0.2) is 120 Å². The molecule has 6 aliphatic carbocycles. The summed E-state index contributed by atoms with van der Waals surface area (Å²) in [6.45, 7) is 5.44. The minimum Gasteiger partial charge on any atom is -0.396 e. The quantitative estimate of drug-likeness (QED) is 0.111. The molecule has 13 nitrogen and oxygen atoms in total. The zero-order chi connectivity index (χ0) is 45.8. The Kier molecular flexibility index (Phi) is 14.3. The van der Waals surface area contributed by atoms with E-state index in [9.17, 15) is 40.9 Å². The summed E-state index contributed by atoms with van der Waals surface area (Å²) >= 11 is 0. The fourth-order valence-electron chi connectivity index (χ4n) is 16.1. The number of Topliss-reactive ketones (excluding diaryl/α,β-unsaturated/α-hetero) is 1. The lowest BCUT2D eigenvalue weighted by Gasteiger charge is -2.64. The lowest BCUT2D eigenvalue weighted by Crippen LogP contribution is -2.69. The number of carbonyl (C=O) groups is 1. The number of dihydropyridines is 1. The second kappa shape index (κ2) is 18.9. The number of ether oxygens (including phenoxy) is 1. The van der Waals surface area contributed by atoms with Gasteiger partial charge >= 0.3 is 0 Å². The molecule has 12 N–H and O–H groups in total. The molecular formula is C51H83N3O10. The smallest absolute Gasteiger partial charge is 0.182 e. The summed E-state index contributed by atoms with van der Waals surface area (Å²) in [6.07, 6.45) is 13.5. The van der Waals surface area contributed by atoms with Crippen LogP contribution in [0.1, 0.15) is 156 Å². The lowest BCUT2D eigenvalue weighted by molar-refractivity contribution is -0.256. The van der Waals surface area contributed by atoms with Crippen molar-refractivity contribution in [3.8, 4) is 0 Å². The first kappa shape index (κ1) is 48.5. The number of aliphatic hydroxyl groups excluding tert-OH is 5. The molecule has 6 fully saturated rings. The minimum absolute atomic E-state index is 0.0225. The van der Waals surface area contributed by atoms with E-state index in [-0.39, 0.29) is 75.1 Å². The van der Waals surface area contributed by atoms with Crippen molar-refractivity contribution in [1.82, 2.24) is 10.6 Å². The number of hydrogen-bond donors (Lipinski definition) is 11. The zero-order valence-corrected chi connectivity index (χ0v) is 39.0. The SMILES string of the molecule is CCC[C@H]1CC[C@H]2[C@@H]3CCCC[C@](O)([C@](C)(O)[C@H]4CC[C@@]5(O)C6=C(NC[C@H](C)O)C(=O)[C@@H]7C[C@@H](O)[C@@H](O)C[C@]7(CCC7=C(CCCO)NC(N)C=C7)[C@H]6CC[C@]45CCO)[C@@H]3O[C@@H]2CC1. The van der Waals surface area contributed by atoms with Gasteiger partial charge in [0.2, 0.25) is 0 Å². The summed E-state index contributed by atoms with van der Waals surface area (Å²) in [5.74, 6) is -0.924. The third kappa shape index (κ3) is 7.99. The molecule has 8 rings (SSSR count). The van der Waals surface area contributed by atoms with Crippen LogP contribution < -0.4 is 16.4 Å². The summed E-state index contributed by atoms with van der Waals surface area (Å²) in [5, 5.41) is 102. The highest BCUT2D eigenvalue weighted by Gasteiger charge is 2.75. The third-order valence-corrected chi connectivity index (χ3v) is 19.1. The number of fused-ring (bicyclic) bond motifs is 8. The van der Waals surface area contributed by atoms with Crippen LogP contribution in [0.3, 0.4) is 0 Å². The molecule has 0 bridgehead atoms. The average molecular weight is 898 g/mol. The van der Waals surface area contributed by atoms with E-state index < -0.39 is 69.8 Å². The molecule has 2 heterocycles. The maximum absolute atomic E-state index is 15.4. The molecule has 64 heavy (non-hydrogen) atoms. The Morgan fingerprint density at radius 1 is 0.953 bits per heavy atom. The van der Waals surface area contributed by atoms with Gasteiger partial charge in [0.05, 0.1) is 53.6 Å². The van der Waals surface area contributed by atoms with E-state index in [2.05, 4.69) is 17.6 Å². The molecule has 0 amide bonds. The molecule has 0 aromatic heterocycles. The van der Waals surface area contributed by atoms with E-state index in [1.54, 1.807) is 13.8 Å². The normalized spacial score (nSPS) is 44.7. The van der Waals surface area contributed by atoms with Gasteiger partial charge in [-0.05, 0) is 169 Å². The molecule has 0 aromatic carbocycles. The van der Waals surface area contributed by atoms with Crippen LogP contribution in [0.5, 0.6) is 0 Å². The summed E-state index contributed by atoms with van der Waals surface area (Å²) in [6, 6.07) is 0. The predicted molar refractivity (Wildman–Crippen MR) is 243 cm³/mol. The molecule has 17 atom stereocenters. The van der Waals surface area contributed by atoms with Gasteiger partial charge in [-0.3, -0.25) is 4.79 Å². The number of nitrogens with two attached hydrogens (primary N) is 1. The van der Waals surface area contributed by atoms with Crippen LogP contribution in [0.25, 0.3) is 0 Å². The first-order valence-corrected chi connectivity index (χ1v) is 25.6. The predicted octanol–water partition coefficient (Wildman–Crippen LogP) is 4.13. The Labute approximate surface area is 381 Å². The molecule has 5 saturated carbocycles. The molecule has 362 valence electrons. The van der Waals surface area contributed by atoms with E-state index in [1.807, 2.05) is 12.2 Å². The minimum atomic E-state index is -1.74. The van der Waals surface area contributed by atoms with Gasteiger partial charge in [0, 0.05) is 36.8 Å². The monoisotopic (exact) mass is 898 g/mol. The summed E-state index contributed by atoms with van der Waals surface area (Å²) < 4.78 is 7.06. The Balaban J connectivity index is 1.20. The van der Waals surface area contributed by atoms with E-state index in [0.717, 1.165) is 56.2 Å². The number of hydrogen-bond acceptors (Lipinski definition) is 13. The largest absolute Gasteiger partial charge is 0.396 e. The van der Waals surface area contributed by atoms with Crippen molar-refractivity contribution in [1.29, 1.82) is 0 Å². The molecule has 8 aliphatic rings. The number of rotatable bonds is 15. The highest BCUT2D eigenvalue weighted by atomic mass is 16.5. The molecule has 0 radical (unpaired) electrons. The van der Waals surface area contributed by atoms with Crippen LogP contribution in [0.15, 0.2) is 34.7 Å². The van der Waals surface area contributed by atoms with Crippen molar-refractivity contribution in [3.05, 3.63) is 34.7 Å². The first-order chi connectivity index (χ1) is 30.5. The summed E-state index contributed by atoms with van der Waals surface area (Å²) in [5.41, 5.74) is 1.88. The van der Waals surface area contributed by atoms with Crippen molar-refractivity contribution >= 4 is 5.78 Å². The van der Waals surface area contributed by atoms with E-state index in [1.165, 1.54) is 12.8 Å². The van der Waals surface area contributed by atoms with Crippen LogP contribution >= 0.6 is 0 Å². The van der Waals surface area contributed by atoms with Gasteiger partial charge in [-0.15, -0.1) is 0 Å². The molecule has 1 unspecified atom stereocenters. The van der Waals surface area contributed by atoms with Crippen molar-refractivity contribution in [2.45, 2.75) is 209 Å². The van der Waals surface area contributed by atoms with Crippen LogP contribution in [0, 0.1) is 46.3 Å². The highest BCUT2D eigenvalue weighted by molar-refractivity contribution is 6.00. The van der Waals surface area contributed by atoms with Crippen LogP contribution in [0.4, 0.5) is 0 Å². The Morgan fingerprint density at radius 3 is 2.47 bits per heavy atom. The number of ketones is 1. The van der Waals surface area contributed by atoms with Gasteiger partial charge in [0.1, 0.15) is 5.60 Å². The van der Waals surface area contributed by atoms with Crippen molar-refractivity contribution in [3.63, 3.8) is 0 Å². The molecular weight excluding hydrogens is 815 g/mol. The molecule has 13 heteroatoms. The fourth-order valence-corrected chi connectivity index (χ4v) is 16.1. The van der Waals surface area contributed by atoms with Gasteiger partial charge in [-0.1, -0.05) is 45.1 Å². The fraction of sp³-hybridized carbons (Fsp3) is 0.863. The Bertz CT molecular complexity index is 1790. The maximum Gasteiger partial charge on any atom is 0.182 e. The Morgan fingerprint density at radius 2 is 1.73 bits per heavy atom. The van der Waals surface area contributed by atoms with Crippen LogP contribution in [0.2, 0.25) is 0 Å². The zero-order valence-electron chi connectivity index (χ0n) is 39.0. The number of carbonyl (C=O) groups excluding carboxylic acids is 1. The van der Waals surface area contributed by atoms with E-state index in [0.29, 0.717) is 68.8 Å². The van der Waals surface area contributed by atoms with Crippen molar-refractivity contribution < 1.29 is 50.4 Å².